The van der Waals surface area contributed by atoms with Crippen LogP contribution in [0.3, 0.4) is 0 Å². The van der Waals surface area contributed by atoms with E-state index >= 15 is 0 Å². The fourth-order valence-electron chi connectivity index (χ4n) is 2.91. The average molecular weight is 394 g/mol. The van der Waals surface area contributed by atoms with Crippen LogP contribution in [-0.4, -0.2) is 51.0 Å². The van der Waals surface area contributed by atoms with E-state index in [1.165, 1.54) is 6.42 Å². The third-order valence-electron chi connectivity index (χ3n) is 4.20. The molecule has 1 aliphatic heterocycles. The molecule has 0 aromatic carbocycles. The molecule has 0 saturated heterocycles. The van der Waals surface area contributed by atoms with E-state index in [1.54, 1.807) is 0 Å². The number of carbonyl (C=O) groups is 1. The average Bonchev–Trinajstić information content (AvgIpc) is 2.98. The second-order valence-corrected chi connectivity index (χ2v) is 8.70. The summed E-state index contributed by atoms with van der Waals surface area (Å²) in [6.45, 7) is 14.1. The van der Waals surface area contributed by atoms with Crippen molar-refractivity contribution < 1.29 is 9.53 Å². The van der Waals surface area contributed by atoms with E-state index in [0.29, 0.717) is 19.0 Å². The highest BCUT2D eigenvalue weighted by molar-refractivity contribution is 5.80. The first kappa shape index (κ1) is 22.0. The van der Waals surface area contributed by atoms with Crippen molar-refractivity contribution in [2.45, 2.75) is 85.0 Å². The number of amides is 1. The molecule has 3 N–H and O–H groups in total. The molecule has 0 bridgehead atoms. The summed E-state index contributed by atoms with van der Waals surface area (Å²) in [6, 6.07) is 0. The van der Waals surface area contributed by atoms with Crippen LogP contribution in [0.4, 0.5) is 4.79 Å². The second kappa shape index (κ2) is 9.25. The number of rotatable bonds is 6. The van der Waals surface area contributed by atoms with Crippen molar-refractivity contribution in [2.75, 3.05) is 13.1 Å². The number of aryl methyl sites for hydroxylation is 1. The number of fused-ring (bicyclic) bond motifs is 1. The molecular formula is C19H35N7O2. The van der Waals surface area contributed by atoms with Gasteiger partial charge < -0.3 is 25.3 Å². The van der Waals surface area contributed by atoms with Crippen LogP contribution < -0.4 is 16.0 Å². The van der Waals surface area contributed by atoms with E-state index < -0.39 is 17.2 Å². The number of nitrogens with one attached hydrogen (secondary N) is 3. The predicted octanol–water partition coefficient (Wildman–Crippen LogP) is 1.97. The van der Waals surface area contributed by atoms with E-state index in [-0.39, 0.29) is 0 Å². The van der Waals surface area contributed by atoms with Crippen molar-refractivity contribution in [3.05, 3.63) is 11.6 Å². The van der Waals surface area contributed by atoms with Gasteiger partial charge in [-0.3, -0.25) is 0 Å². The highest BCUT2D eigenvalue weighted by atomic mass is 16.6. The SMILES string of the molecule is CCNC(=NCc1nnc2n1CCCC2)NCC(C)(C)NC(=O)OC(C)(C)C. The zero-order valence-electron chi connectivity index (χ0n) is 18.1. The van der Waals surface area contributed by atoms with Crippen LogP contribution in [0.25, 0.3) is 0 Å². The minimum Gasteiger partial charge on any atom is -0.444 e. The van der Waals surface area contributed by atoms with Gasteiger partial charge in [-0.05, 0) is 54.4 Å². The number of hydrogen-bond donors (Lipinski definition) is 3. The summed E-state index contributed by atoms with van der Waals surface area (Å²) in [5.41, 5.74) is -1.03. The van der Waals surface area contributed by atoms with Crippen molar-refractivity contribution in [1.29, 1.82) is 0 Å². The summed E-state index contributed by atoms with van der Waals surface area (Å²) in [5.74, 6) is 2.62. The summed E-state index contributed by atoms with van der Waals surface area (Å²) in [5, 5.41) is 18.0. The standard InChI is InChI=1S/C19H35N7O2/c1-7-20-16(21-12-15-25-24-14-10-8-9-11-26(14)15)22-13-19(5,6)23-17(27)28-18(2,3)4/h7-13H2,1-6H3,(H,23,27)(H2,20,21,22). The third kappa shape index (κ3) is 7.01. The maximum atomic E-state index is 12.0. The van der Waals surface area contributed by atoms with E-state index in [1.807, 2.05) is 41.5 Å². The Bertz CT molecular complexity index is 689. The van der Waals surface area contributed by atoms with Gasteiger partial charge in [0, 0.05) is 26.1 Å². The van der Waals surface area contributed by atoms with E-state index in [0.717, 1.165) is 37.6 Å². The molecule has 0 spiro atoms. The van der Waals surface area contributed by atoms with Crippen LogP contribution in [-0.2, 0) is 24.2 Å². The van der Waals surface area contributed by atoms with Gasteiger partial charge in [0.25, 0.3) is 0 Å². The Kier molecular flexibility index (Phi) is 7.26. The fourth-order valence-corrected chi connectivity index (χ4v) is 2.91. The van der Waals surface area contributed by atoms with Crippen LogP contribution in [0.15, 0.2) is 4.99 Å². The smallest absolute Gasteiger partial charge is 0.408 e. The monoisotopic (exact) mass is 393 g/mol. The maximum absolute atomic E-state index is 12.0. The number of ether oxygens (including phenoxy) is 1. The van der Waals surface area contributed by atoms with E-state index in [2.05, 4.69) is 35.7 Å². The molecule has 28 heavy (non-hydrogen) atoms. The molecule has 0 fully saturated rings. The lowest BCUT2D eigenvalue weighted by Gasteiger charge is -2.29. The Labute approximate surface area is 167 Å². The summed E-state index contributed by atoms with van der Waals surface area (Å²) >= 11 is 0. The number of guanidine groups is 1. The second-order valence-electron chi connectivity index (χ2n) is 8.70. The minimum atomic E-state index is -0.526. The predicted molar refractivity (Wildman–Crippen MR) is 109 cm³/mol. The Morgan fingerprint density at radius 2 is 1.93 bits per heavy atom. The van der Waals surface area contributed by atoms with Crippen molar-refractivity contribution in [1.82, 2.24) is 30.7 Å². The first-order valence-electron chi connectivity index (χ1n) is 10.0. The molecule has 1 aromatic heterocycles. The highest BCUT2D eigenvalue weighted by Crippen LogP contribution is 2.14. The molecule has 0 aliphatic carbocycles. The van der Waals surface area contributed by atoms with Crippen LogP contribution in [0.1, 0.15) is 66.0 Å². The van der Waals surface area contributed by atoms with Crippen LogP contribution >= 0.6 is 0 Å². The highest BCUT2D eigenvalue weighted by Gasteiger charge is 2.25. The first-order chi connectivity index (χ1) is 13.1. The number of carbonyl (C=O) groups excluding carboxylic acids is 1. The molecule has 0 unspecified atom stereocenters. The van der Waals surface area contributed by atoms with E-state index in [9.17, 15) is 4.79 Å². The minimum absolute atomic E-state index is 0.434. The van der Waals surface area contributed by atoms with Crippen molar-refractivity contribution >= 4 is 12.1 Å². The van der Waals surface area contributed by atoms with Crippen LogP contribution in [0.5, 0.6) is 0 Å². The fraction of sp³-hybridized carbons (Fsp3) is 0.789. The maximum Gasteiger partial charge on any atom is 0.408 e. The van der Waals surface area contributed by atoms with Crippen molar-refractivity contribution in [3.8, 4) is 0 Å². The lowest BCUT2D eigenvalue weighted by molar-refractivity contribution is 0.0474. The number of aliphatic imine (C=N–C) groups is 1. The summed E-state index contributed by atoms with van der Waals surface area (Å²) in [7, 11) is 0. The molecule has 1 aliphatic rings. The molecule has 1 aromatic rings. The van der Waals surface area contributed by atoms with Gasteiger partial charge in [0.05, 0.1) is 5.54 Å². The van der Waals surface area contributed by atoms with Gasteiger partial charge in [-0.1, -0.05) is 0 Å². The van der Waals surface area contributed by atoms with Gasteiger partial charge in [0.15, 0.2) is 11.8 Å². The van der Waals surface area contributed by atoms with Gasteiger partial charge >= 0.3 is 6.09 Å². The molecule has 158 valence electrons. The number of nitrogens with zero attached hydrogens (tertiary/aromatic N) is 4. The summed E-state index contributed by atoms with van der Waals surface area (Å²) in [4.78, 5) is 16.7. The van der Waals surface area contributed by atoms with Gasteiger partial charge in [0.2, 0.25) is 0 Å². The molecule has 9 heteroatoms. The molecule has 9 nitrogen and oxygen atoms in total. The third-order valence-corrected chi connectivity index (χ3v) is 4.20. The van der Waals surface area contributed by atoms with Gasteiger partial charge in [-0.25, -0.2) is 9.79 Å². The molecule has 2 rings (SSSR count). The van der Waals surface area contributed by atoms with Gasteiger partial charge in [-0.15, -0.1) is 10.2 Å². The topological polar surface area (TPSA) is 105 Å². The quantitative estimate of drug-likeness (QED) is 0.504. The van der Waals surface area contributed by atoms with Crippen molar-refractivity contribution in [2.24, 2.45) is 4.99 Å². The Morgan fingerprint density at radius 3 is 2.61 bits per heavy atom. The molecule has 0 radical (unpaired) electrons. The van der Waals surface area contributed by atoms with Gasteiger partial charge in [0.1, 0.15) is 18.0 Å². The number of aromatic nitrogens is 3. The number of alkyl carbamates (subject to hydrolysis) is 1. The van der Waals surface area contributed by atoms with E-state index in [4.69, 9.17) is 4.74 Å². The van der Waals surface area contributed by atoms with Crippen molar-refractivity contribution in [3.63, 3.8) is 0 Å². The largest absolute Gasteiger partial charge is 0.444 e. The zero-order chi connectivity index (χ0) is 20.8. The van der Waals surface area contributed by atoms with Crippen LogP contribution in [0, 0.1) is 0 Å². The lowest BCUT2D eigenvalue weighted by Crippen LogP contribution is -2.54. The van der Waals surface area contributed by atoms with Crippen LogP contribution in [0.2, 0.25) is 0 Å². The summed E-state index contributed by atoms with van der Waals surface area (Å²) in [6.07, 6.45) is 2.88. The molecular weight excluding hydrogens is 358 g/mol. The Hall–Kier alpha value is -2.32. The Balaban J connectivity index is 1.93. The Morgan fingerprint density at radius 1 is 1.18 bits per heavy atom. The molecule has 0 saturated carbocycles. The van der Waals surface area contributed by atoms with Gasteiger partial charge in [-0.2, -0.15) is 0 Å². The summed E-state index contributed by atoms with van der Waals surface area (Å²) < 4.78 is 7.51. The number of hydrogen-bond acceptors (Lipinski definition) is 5. The lowest BCUT2D eigenvalue weighted by atomic mass is 10.1. The zero-order valence-corrected chi connectivity index (χ0v) is 18.1. The normalized spacial score (nSPS) is 15.0. The first-order valence-corrected chi connectivity index (χ1v) is 10.0. The molecule has 0 atom stereocenters. The molecule has 1 amide bonds. The molecule has 2 heterocycles.